The van der Waals surface area contributed by atoms with Crippen molar-refractivity contribution in [1.29, 1.82) is 0 Å². The summed E-state index contributed by atoms with van der Waals surface area (Å²) in [5, 5.41) is 6.72. The number of hydrogen-bond donors (Lipinski definition) is 1. The Hall–Kier alpha value is -0.155. The molecule has 1 N–H and O–H groups in total. The van der Waals surface area contributed by atoms with E-state index >= 15 is 0 Å². The van der Waals surface area contributed by atoms with Crippen molar-refractivity contribution >= 4 is 7.47 Å². The molecule has 0 atom stereocenters. The molecular weight excluding hydrogens is 151 g/mol. The van der Waals surface area contributed by atoms with Crippen LogP contribution in [0.2, 0.25) is 0 Å². The van der Waals surface area contributed by atoms with Crippen molar-refractivity contribution in [3.63, 3.8) is 0 Å². The van der Waals surface area contributed by atoms with Crippen LogP contribution in [-0.4, -0.2) is 37.0 Å². The summed E-state index contributed by atoms with van der Waals surface area (Å²) >= 11 is 0. The summed E-state index contributed by atoms with van der Waals surface area (Å²) in [5.74, 6) is 0. The van der Waals surface area contributed by atoms with Gasteiger partial charge in [-0.3, -0.25) is 8.63 Å². The lowest BCUT2D eigenvalue weighted by Crippen LogP contribution is -2.21. The van der Waals surface area contributed by atoms with Crippen molar-refractivity contribution in [2.24, 2.45) is 0 Å². The highest BCUT2D eigenvalue weighted by Crippen LogP contribution is 1.81. The zero-order valence-corrected chi connectivity index (χ0v) is 7.35. The van der Waals surface area contributed by atoms with Crippen LogP contribution in [0.25, 0.3) is 0 Å². The smallest absolute Gasteiger partial charge is 0.395 e. The molecule has 0 amide bonds. The molecule has 0 aromatic rings. The molecule has 0 fully saturated rings. The van der Waals surface area contributed by atoms with Crippen molar-refractivity contribution in [3.8, 4) is 0 Å². The molecule has 0 saturated carbocycles. The molecule has 0 spiro atoms. The average molecular weight is 167 g/mol. The highest BCUT2D eigenvalue weighted by Gasteiger charge is 2.01. The first-order valence-corrected chi connectivity index (χ1v) is 3.76. The maximum Gasteiger partial charge on any atom is 0.718 e. The summed E-state index contributed by atoms with van der Waals surface area (Å²) in [5.41, 5.74) is 0. The quantitative estimate of drug-likeness (QED) is 0.639. The fraction of sp³-hybridized carbons (Fsp3) is 1.00. The molecule has 0 aromatic heterocycles. The van der Waals surface area contributed by atoms with Crippen LogP contribution < -0.4 is 0 Å². The number of hydrogen-bond acceptors (Lipinski definition) is 2. The zero-order valence-electron chi connectivity index (χ0n) is 7.35. The molecule has 0 aliphatic carbocycles. The number of rotatable bonds is 3. The van der Waals surface area contributed by atoms with Crippen molar-refractivity contribution in [1.82, 2.24) is 4.90 Å². The number of nitrogens with zero attached hydrogens (tertiary/aromatic N) is 1. The van der Waals surface area contributed by atoms with E-state index in [9.17, 15) is 8.63 Å². The Morgan fingerprint density at radius 3 is 1.27 bits per heavy atom. The topological polar surface area (TPSA) is 23.5 Å². The molecule has 5 heteroatoms. The van der Waals surface area contributed by atoms with Crippen molar-refractivity contribution in [2.75, 3.05) is 19.6 Å². The Morgan fingerprint density at radius 1 is 1.09 bits per heavy atom. The molecular formula is C6H16BF2NO. The summed E-state index contributed by atoms with van der Waals surface area (Å²) in [7, 11) is -3.17. The predicted octanol–water partition coefficient (Wildman–Crippen LogP) is 1.25. The van der Waals surface area contributed by atoms with E-state index in [1.54, 1.807) is 0 Å². The standard InChI is InChI=1S/C6H15N.BF2HO/c1-4-7(5-2)6-3;2-1(3)4/h4-6H2,1-3H3;4H. The van der Waals surface area contributed by atoms with Crippen LogP contribution in [0.1, 0.15) is 20.8 Å². The normalized spacial score (nSPS) is 9.00. The largest absolute Gasteiger partial charge is 0.718 e. The first kappa shape index (κ1) is 13.4. The predicted molar refractivity (Wildman–Crippen MR) is 43.7 cm³/mol. The molecule has 0 radical (unpaired) electrons. The highest BCUT2D eigenvalue weighted by molar-refractivity contribution is 6.32. The molecule has 0 aliphatic rings. The van der Waals surface area contributed by atoms with Gasteiger partial charge in [-0.15, -0.1) is 0 Å². The molecule has 0 rings (SSSR count). The maximum absolute atomic E-state index is 9.89. The van der Waals surface area contributed by atoms with Crippen LogP contribution in [0, 0.1) is 0 Å². The lowest BCUT2D eigenvalue weighted by Gasteiger charge is -2.13. The van der Waals surface area contributed by atoms with Crippen molar-refractivity contribution in [2.45, 2.75) is 20.8 Å². The maximum atomic E-state index is 9.89. The van der Waals surface area contributed by atoms with E-state index in [-0.39, 0.29) is 0 Å². The monoisotopic (exact) mass is 167 g/mol. The Kier molecular flexibility index (Phi) is 12.0. The van der Waals surface area contributed by atoms with E-state index in [0.29, 0.717) is 0 Å². The van der Waals surface area contributed by atoms with Crippen LogP contribution in [0.15, 0.2) is 0 Å². The molecule has 0 saturated heterocycles. The molecule has 0 unspecified atom stereocenters. The molecule has 0 bridgehead atoms. The lowest BCUT2D eigenvalue weighted by atomic mass is 10.4. The molecule has 11 heavy (non-hydrogen) atoms. The second kappa shape index (κ2) is 9.84. The van der Waals surface area contributed by atoms with Gasteiger partial charge in [0.1, 0.15) is 0 Å². The van der Waals surface area contributed by atoms with E-state index in [1.807, 2.05) is 0 Å². The lowest BCUT2D eigenvalue weighted by molar-refractivity contribution is 0.321. The summed E-state index contributed by atoms with van der Waals surface area (Å²) < 4.78 is 19.8. The second-order valence-electron chi connectivity index (χ2n) is 1.90. The van der Waals surface area contributed by atoms with Crippen LogP contribution in [-0.2, 0) is 0 Å². The Balaban J connectivity index is 0. The first-order chi connectivity index (χ1) is 5.08. The zero-order chi connectivity index (χ0) is 9.28. The minimum absolute atomic E-state index is 1.19. The Bertz CT molecular complexity index is 63.3. The second-order valence-corrected chi connectivity index (χ2v) is 1.90. The molecule has 68 valence electrons. The van der Waals surface area contributed by atoms with Gasteiger partial charge in [0.2, 0.25) is 0 Å². The summed E-state index contributed by atoms with van der Waals surface area (Å²) in [6.07, 6.45) is 0. The van der Waals surface area contributed by atoms with Gasteiger partial charge in [-0.1, -0.05) is 20.8 Å². The molecule has 0 aliphatic heterocycles. The van der Waals surface area contributed by atoms with Gasteiger partial charge in [0.05, 0.1) is 0 Å². The summed E-state index contributed by atoms with van der Waals surface area (Å²) in [4.78, 5) is 2.38. The summed E-state index contributed by atoms with van der Waals surface area (Å²) in [6.45, 7) is 10.1. The minimum atomic E-state index is -3.17. The SMILES string of the molecule is CCN(CC)CC.OB(F)F. The summed E-state index contributed by atoms with van der Waals surface area (Å²) in [6, 6.07) is 0. The average Bonchev–Trinajstić information content (AvgIpc) is 1.90. The third-order valence-corrected chi connectivity index (χ3v) is 1.34. The van der Waals surface area contributed by atoms with E-state index in [0.717, 1.165) is 0 Å². The van der Waals surface area contributed by atoms with Gasteiger partial charge in [0.15, 0.2) is 0 Å². The fourth-order valence-electron chi connectivity index (χ4n) is 0.671. The van der Waals surface area contributed by atoms with Crippen molar-refractivity contribution in [3.05, 3.63) is 0 Å². The third-order valence-electron chi connectivity index (χ3n) is 1.34. The van der Waals surface area contributed by atoms with E-state index in [2.05, 4.69) is 25.7 Å². The number of halogens is 2. The molecule has 2 nitrogen and oxygen atoms in total. The van der Waals surface area contributed by atoms with Gasteiger partial charge in [-0.25, -0.2) is 0 Å². The van der Waals surface area contributed by atoms with Gasteiger partial charge in [0, 0.05) is 0 Å². The molecule has 0 aromatic carbocycles. The van der Waals surface area contributed by atoms with Gasteiger partial charge < -0.3 is 9.92 Å². The van der Waals surface area contributed by atoms with Gasteiger partial charge in [-0.2, -0.15) is 0 Å². The van der Waals surface area contributed by atoms with Gasteiger partial charge in [-0.05, 0) is 19.6 Å². The van der Waals surface area contributed by atoms with Crippen LogP contribution in [0.3, 0.4) is 0 Å². The van der Waals surface area contributed by atoms with Crippen LogP contribution in [0.5, 0.6) is 0 Å². The van der Waals surface area contributed by atoms with Crippen molar-refractivity contribution < 1.29 is 13.7 Å². The third kappa shape index (κ3) is 17.7. The Labute approximate surface area is 67.4 Å². The van der Waals surface area contributed by atoms with Gasteiger partial charge in [0.25, 0.3) is 0 Å². The van der Waals surface area contributed by atoms with E-state index in [1.165, 1.54) is 19.6 Å². The minimum Gasteiger partial charge on any atom is -0.395 e. The van der Waals surface area contributed by atoms with Gasteiger partial charge >= 0.3 is 7.47 Å². The fourth-order valence-corrected chi connectivity index (χ4v) is 0.671. The highest BCUT2D eigenvalue weighted by atomic mass is 19.2. The van der Waals surface area contributed by atoms with Crippen LogP contribution in [0.4, 0.5) is 8.63 Å². The van der Waals surface area contributed by atoms with E-state index in [4.69, 9.17) is 5.02 Å². The Morgan fingerprint density at radius 2 is 1.27 bits per heavy atom. The van der Waals surface area contributed by atoms with Crippen LogP contribution >= 0.6 is 0 Å². The first-order valence-electron chi connectivity index (χ1n) is 3.76. The van der Waals surface area contributed by atoms with E-state index < -0.39 is 7.47 Å². The molecule has 0 heterocycles.